The summed E-state index contributed by atoms with van der Waals surface area (Å²) in [4.78, 5) is 20.7. The zero-order chi connectivity index (χ0) is 18.1. The highest BCUT2D eigenvalue weighted by Crippen LogP contribution is 2.16. The topological polar surface area (TPSA) is 60.2 Å². The van der Waals surface area contributed by atoms with E-state index in [4.69, 9.17) is 5.26 Å². The van der Waals surface area contributed by atoms with Gasteiger partial charge in [-0.25, -0.2) is 0 Å². The standard InChI is InChI=1S/C20H24N4O/c1-17(23(2)16-11-18-9-13-22-14-10-18)20(25)24(15-6-12-21)19-7-4-3-5-8-19/h3-5,7-10,13-14,17H,6,11,15-16H2,1-2H3/t17-/m1/s1. The summed E-state index contributed by atoms with van der Waals surface area (Å²) in [6, 6.07) is 15.4. The van der Waals surface area contributed by atoms with Crippen molar-refractivity contribution in [2.45, 2.75) is 25.8 Å². The van der Waals surface area contributed by atoms with Crippen LogP contribution in [0.1, 0.15) is 18.9 Å². The van der Waals surface area contributed by atoms with Crippen LogP contribution in [0.5, 0.6) is 0 Å². The monoisotopic (exact) mass is 336 g/mol. The number of amides is 1. The molecule has 2 aromatic rings. The minimum atomic E-state index is -0.263. The zero-order valence-corrected chi connectivity index (χ0v) is 14.8. The number of likely N-dealkylation sites (N-methyl/N-ethyl adjacent to an activating group) is 1. The molecule has 1 amide bonds. The maximum absolute atomic E-state index is 13.0. The number of carbonyl (C=O) groups is 1. The molecular formula is C20H24N4O. The van der Waals surface area contributed by atoms with Crippen LogP contribution in [-0.4, -0.2) is 42.0 Å². The molecule has 5 nitrogen and oxygen atoms in total. The van der Waals surface area contributed by atoms with Crippen LogP contribution in [0, 0.1) is 11.3 Å². The molecule has 0 spiro atoms. The third kappa shape index (κ3) is 5.40. The lowest BCUT2D eigenvalue weighted by Gasteiger charge is -2.30. The molecule has 0 saturated heterocycles. The summed E-state index contributed by atoms with van der Waals surface area (Å²) in [5.74, 6) is 0.0127. The first-order valence-electron chi connectivity index (χ1n) is 8.46. The van der Waals surface area contributed by atoms with Crippen LogP contribution >= 0.6 is 0 Å². The number of aromatic nitrogens is 1. The van der Waals surface area contributed by atoms with E-state index in [1.807, 2.05) is 61.3 Å². The molecule has 1 aromatic heterocycles. The van der Waals surface area contributed by atoms with Crippen LogP contribution < -0.4 is 4.90 Å². The molecule has 0 fully saturated rings. The van der Waals surface area contributed by atoms with E-state index in [0.717, 1.165) is 18.7 Å². The fourth-order valence-corrected chi connectivity index (χ4v) is 2.60. The highest BCUT2D eigenvalue weighted by Gasteiger charge is 2.24. The zero-order valence-electron chi connectivity index (χ0n) is 14.8. The second-order valence-corrected chi connectivity index (χ2v) is 6.00. The van der Waals surface area contributed by atoms with E-state index in [-0.39, 0.29) is 11.9 Å². The Hall–Kier alpha value is -2.71. The maximum atomic E-state index is 13.0. The van der Waals surface area contributed by atoms with E-state index in [1.165, 1.54) is 5.56 Å². The molecule has 1 heterocycles. The van der Waals surface area contributed by atoms with Crippen LogP contribution in [0.2, 0.25) is 0 Å². The number of hydrogen-bond donors (Lipinski definition) is 0. The van der Waals surface area contributed by atoms with Crippen LogP contribution in [-0.2, 0) is 11.2 Å². The van der Waals surface area contributed by atoms with E-state index in [0.29, 0.717) is 13.0 Å². The van der Waals surface area contributed by atoms with Crippen LogP contribution in [0.15, 0.2) is 54.9 Å². The SMILES string of the molecule is C[C@H](C(=O)N(CCC#N)c1ccccc1)N(C)CCc1ccncc1. The lowest BCUT2D eigenvalue weighted by atomic mass is 10.1. The average Bonchev–Trinajstić information content (AvgIpc) is 2.67. The summed E-state index contributed by atoms with van der Waals surface area (Å²) in [5, 5.41) is 8.90. The van der Waals surface area contributed by atoms with Crippen molar-refractivity contribution in [2.24, 2.45) is 0 Å². The van der Waals surface area contributed by atoms with Gasteiger partial charge in [0.1, 0.15) is 0 Å². The normalized spacial score (nSPS) is 11.8. The summed E-state index contributed by atoms with van der Waals surface area (Å²) < 4.78 is 0. The van der Waals surface area contributed by atoms with Gasteiger partial charge in [0.15, 0.2) is 0 Å². The van der Waals surface area contributed by atoms with Crippen molar-refractivity contribution >= 4 is 11.6 Å². The van der Waals surface area contributed by atoms with Crippen molar-refractivity contribution in [3.63, 3.8) is 0 Å². The van der Waals surface area contributed by atoms with Crippen molar-refractivity contribution in [1.29, 1.82) is 5.26 Å². The van der Waals surface area contributed by atoms with Gasteiger partial charge in [0.2, 0.25) is 5.91 Å². The number of anilines is 1. The minimum absolute atomic E-state index is 0.0127. The number of para-hydroxylation sites is 1. The largest absolute Gasteiger partial charge is 0.310 e. The molecule has 0 aliphatic rings. The van der Waals surface area contributed by atoms with E-state index in [2.05, 4.69) is 11.1 Å². The molecule has 0 bridgehead atoms. The first-order chi connectivity index (χ1) is 12.1. The second-order valence-electron chi connectivity index (χ2n) is 6.00. The molecule has 0 saturated carbocycles. The number of pyridine rings is 1. The highest BCUT2D eigenvalue weighted by molar-refractivity contribution is 5.96. The van der Waals surface area contributed by atoms with Crippen molar-refractivity contribution in [3.05, 3.63) is 60.4 Å². The number of nitrogens with zero attached hydrogens (tertiary/aromatic N) is 4. The Morgan fingerprint density at radius 1 is 1.16 bits per heavy atom. The molecule has 130 valence electrons. The fraction of sp³-hybridized carbons (Fsp3) is 0.350. The molecule has 5 heteroatoms. The van der Waals surface area contributed by atoms with E-state index in [1.54, 1.807) is 17.3 Å². The van der Waals surface area contributed by atoms with Gasteiger partial charge in [0, 0.05) is 31.2 Å². The van der Waals surface area contributed by atoms with Gasteiger partial charge in [-0.1, -0.05) is 18.2 Å². The molecule has 1 aromatic carbocycles. The van der Waals surface area contributed by atoms with Crippen molar-refractivity contribution in [1.82, 2.24) is 9.88 Å². The van der Waals surface area contributed by atoms with Gasteiger partial charge in [-0.3, -0.25) is 14.7 Å². The molecule has 0 unspecified atom stereocenters. The van der Waals surface area contributed by atoms with Crippen LogP contribution in [0.3, 0.4) is 0 Å². The summed E-state index contributed by atoms with van der Waals surface area (Å²) >= 11 is 0. The lowest BCUT2D eigenvalue weighted by Crippen LogP contribution is -2.46. The Morgan fingerprint density at radius 2 is 1.84 bits per heavy atom. The van der Waals surface area contributed by atoms with Crippen molar-refractivity contribution < 1.29 is 4.79 Å². The van der Waals surface area contributed by atoms with Gasteiger partial charge in [-0.05, 0) is 50.2 Å². The number of rotatable bonds is 8. The summed E-state index contributed by atoms with van der Waals surface area (Å²) in [5.41, 5.74) is 2.03. The molecule has 1 atom stereocenters. The van der Waals surface area contributed by atoms with Gasteiger partial charge in [0.25, 0.3) is 0 Å². The number of benzene rings is 1. The summed E-state index contributed by atoms with van der Waals surface area (Å²) in [7, 11) is 1.96. The Kier molecular flexibility index (Phi) is 7.12. The number of carbonyl (C=O) groups excluding carboxylic acids is 1. The Bertz CT molecular complexity index is 697. The molecule has 0 N–H and O–H groups in total. The summed E-state index contributed by atoms with van der Waals surface area (Å²) in [6.07, 6.45) is 4.74. The summed E-state index contributed by atoms with van der Waals surface area (Å²) in [6.45, 7) is 3.09. The predicted octanol–water partition coefficient (Wildman–Crippen LogP) is 2.89. The van der Waals surface area contributed by atoms with E-state index in [9.17, 15) is 4.79 Å². The Labute approximate surface area is 149 Å². The molecular weight excluding hydrogens is 312 g/mol. The van der Waals surface area contributed by atoms with Crippen LogP contribution in [0.4, 0.5) is 5.69 Å². The van der Waals surface area contributed by atoms with Gasteiger partial charge in [-0.15, -0.1) is 0 Å². The lowest BCUT2D eigenvalue weighted by molar-refractivity contribution is -0.122. The first-order valence-corrected chi connectivity index (χ1v) is 8.46. The fourth-order valence-electron chi connectivity index (χ4n) is 2.60. The van der Waals surface area contributed by atoms with Crippen molar-refractivity contribution in [3.8, 4) is 6.07 Å². The van der Waals surface area contributed by atoms with Gasteiger partial charge >= 0.3 is 0 Å². The van der Waals surface area contributed by atoms with Crippen LogP contribution in [0.25, 0.3) is 0 Å². The molecule has 25 heavy (non-hydrogen) atoms. The Balaban J connectivity index is 2.02. The highest BCUT2D eigenvalue weighted by atomic mass is 16.2. The third-order valence-corrected chi connectivity index (χ3v) is 4.30. The number of hydrogen-bond acceptors (Lipinski definition) is 4. The van der Waals surface area contributed by atoms with Crippen molar-refractivity contribution in [2.75, 3.05) is 25.0 Å². The molecule has 2 rings (SSSR count). The first kappa shape index (κ1) is 18.6. The van der Waals surface area contributed by atoms with E-state index >= 15 is 0 Å². The number of nitriles is 1. The van der Waals surface area contributed by atoms with Gasteiger partial charge in [0.05, 0.1) is 18.5 Å². The molecule has 0 aliphatic heterocycles. The smallest absolute Gasteiger partial charge is 0.244 e. The average molecular weight is 336 g/mol. The maximum Gasteiger partial charge on any atom is 0.244 e. The molecule has 0 aliphatic carbocycles. The van der Waals surface area contributed by atoms with E-state index < -0.39 is 0 Å². The third-order valence-electron chi connectivity index (χ3n) is 4.30. The minimum Gasteiger partial charge on any atom is -0.310 e. The second kappa shape index (κ2) is 9.55. The van der Waals surface area contributed by atoms with Gasteiger partial charge in [-0.2, -0.15) is 5.26 Å². The molecule has 0 radical (unpaired) electrons. The Morgan fingerprint density at radius 3 is 2.48 bits per heavy atom. The quantitative estimate of drug-likeness (QED) is 0.744. The van der Waals surface area contributed by atoms with Gasteiger partial charge < -0.3 is 4.90 Å². The predicted molar refractivity (Wildman–Crippen MR) is 99.1 cm³/mol.